The quantitative estimate of drug-likeness (QED) is 0.716. The standard InChI is InChI=1S/C18H17FN2O3S/c1-21-11-15(13-6-9-17(24-2)16(19)10-13)18(20-21)12-4-7-14(8-5-12)25(3,22)23/h4-11H,1-3H3. The maximum Gasteiger partial charge on any atom is 0.175 e. The van der Waals surface area contributed by atoms with E-state index in [9.17, 15) is 12.8 Å². The third-order valence-corrected chi connectivity index (χ3v) is 4.98. The Morgan fingerprint density at radius 3 is 2.28 bits per heavy atom. The molecule has 0 N–H and O–H groups in total. The van der Waals surface area contributed by atoms with Crippen molar-refractivity contribution in [1.82, 2.24) is 9.78 Å². The lowest BCUT2D eigenvalue weighted by atomic mass is 10.0. The van der Waals surface area contributed by atoms with Crippen molar-refractivity contribution in [1.29, 1.82) is 0 Å². The second-order valence-corrected chi connectivity index (χ2v) is 7.73. The topological polar surface area (TPSA) is 61.2 Å². The van der Waals surface area contributed by atoms with E-state index in [-0.39, 0.29) is 10.6 Å². The fourth-order valence-corrected chi connectivity index (χ4v) is 3.24. The molecule has 0 aliphatic rings. The molecule has 3 aromatic rings. The Bertz CT molecular complexity index is 1020. The van der Waals surface area contributed by atoms with E-state index in [2.05, 4.69) is 5.10 Å². The van der Waals surface area contributed by atoms with Crippen LogP contribution in [0.15, 0.2) is 53.6 Å². The number of hydrogen-bond acceptors (Lipinski definition) is 4. The van der Waals surface area contributed by atoms with Crippen molar-refractivity contribution >= 4 is 9.84 Å². The molecule has 25 heavy (non-hydrogen) atoms. The van der Waals surface area contributed by atoms with Gasteiger partial charge in [-0.05, 0) is 29.8 Å². The first-order chi connectivity index (χ1) is 11.8. The van der Waals surface area contributed by atoms with Crippen molar-refractivity contribution < 1.29 is 17.5 Å². The molecular formula is C18H17FN2O3S. The SMILES string of the molecule is COc1ccc(-c2cn(C)nc2-c2ccc(S(C)(=O)=O)cc2)cc1F. The second kappa shape index (κ2) is 6.33. The number of benzene rings is 2. The van der Waals surface area contributed by atoms with Gasteiger partial charge >= 0.3 is 0 Å². The third kappa shape index (κ3) is 3.41. The number of aryl methyl sites for hydroxylation is 1. The first-order valence-corrected chi connectivity index (χ1v) is 9.37. The number of rotatable bonds is 4. The van der Waals surface area contributed by atoms with Crippen LogP contribution in [0, 0.1) is 5.82 Å². The molecule has 0 atom stereocenters. The highest BCUT2D eigenvalue weighted by molar-refractivity contribution is 7.90. The van der Waals surface area contributed by atoms with Gasteiger partial charge in [-0.25, -0.2) is 12.8 Å². The molecule has 0 aliphatic carbocycles. The summed E-state index contributed by atoms with van der Waals surface area (Å²) >= 11 is 0. The second-order valence-electron chi connectivity index (χ2n) is 5.71. The Labute approximate surface area is 145 Å². The van der Waals surface area contributed by atoms with E-state index < -0.39 is 15.7 Å². The first kappa shape index (κ1) is 17.2. The zero-order chi connectivity index (χ0) is 18.2. The Morgan fingerprint density at radius 1 is 1.08 bits per heavy atom. The van der Waals surface area contributed by atoms with Gasteiger partial charge in [0.25, 0.3) is 0 Å². The number of halogens is 1. The van der Waals surface area contributed by atoms with Crippen LogP contribution in [-0.4, -0.2) is 31.6 Å². The van der Waals surface area contributed by atoms with Gasteiger partial charge in [0.15, 0.2) is 21.4 Å². The summed E-state index contributed by atoms with van der Waals surface area (Å²) in [6.07, 6.45) is 2.95. The van der Waals surface area contributed by atoms with E-state index in [0.29, 0.717) is 11.3 Å². The van der Waals surface area contributed by atoms with Gasteiger partial charge in [0.05, 0.1) is 12.0 Å². The number of methoxy groups -OCH3 is 1. The lowest BCUT2D eigenvalue weighted by Gasteiger charge is -2.06. The average Bonchev–Trinajstić information content (AvgIpc) is 2.96. The van der Waals surface area contributed by atoms with Crippen molar-refractivity contribution in [2.24, 2.45) is 7.05 Å². The van der Waals surface area contributed by atoms with Crippen LogP contribution < -0.4 is 4.74 Å². The van der Waals surface area contributed by atoms with E-state index in [1.54, 1.807) is 42.2 Å². The summed E-state index contributed by atoms with van der Waals surface area (Å²) in [5.41, 5.74) is 2.80. The molecule has 1 heterocycles. The van der Waals surface area contributed by atoms with Gasteiger partial charge in [0.1, 0.15) is 5.69 Å². The Hall–Kier alpha value is -2.67. The minimum atomic E-state index is -3.26. The molecule has 0 unspecified atom stereocenters. The van der Waals surface area contributed by atoms with E-state index in [4.69, 9.17) is 4.74 Å². The van der Waals surface area contributed by atoms with Crippen molar-refractivity contribution in [3.8, 4) is 28.1 Å². The van der Waals surface area contributed by atoms with Gasteiger partial charge in [0.2, 0.25) is 0 Å². The van der Waals surface area contributed by atoms with Crippen molar-refractivity contribution in [3.05, 3.63) is 54.5 Å². The predicted molar refractivity (Wildman–Crippen MR) is 93.7 cm³/mol. The lowest BCUT2D eigenvalue weighted by molar-refractivity contribution is 0.386. The summed E-state index contributed by atoms with van der Waals surface area (Å²) in [5.74, 6) is -0.283. The highest BCUT2D eigenvalue weighted by Gasteiger charge is 2.15. The van der Waals surface area contributed by atoms with Gasteiger partial charge in [0, 0.05) is 30.6 Å². The molecule has 0 spiro atoms. The van der Waals surface area contributed by atoms with Gasteiger partial charge < -0.3 is 4.74 Å². The Balaban J connectivity index is 2.09. The molecule has 2 aromatic carbocycles. The van der Waals surface area contributed by atoms with Crippen molar-refractivity contribution in [2.45, 2.75) is 4.90 Å². The highest BCUT2D eigenvalue weighted by Crippen LogP contribution is 2.33. The van der Waals surface area contributed by atoms with E-state index in [0.717, 1.165) is 17.4 Å². The van der Waals surface area contributed by atoms with E-state index in [1.807, 2.05) is 0 Å². The molecule has 0 aliphatic heterocycles. The molecule has 130 valence electrons. The summed E-state index contributed by atoms with van der Waals surface area (Å²) in [6, 6.07) is 11.2. The van der Waals surface area contributed by atoms with E-state index >= 15 is 0 Å². The third-order valence-electron chi connectivity index (χ3n) is 3.85. The van der Waals surface area contributed by atoms with Gasteiger partial charge in [-0.1, -0.05) is 18.2 Å². The lowest BCUT2D eigenvalue weighted by Crippen LogP contribution is -1.96. The fraction of sp³-hybridized carbons (Fsp3) is 0.167. The van der Waals surface area contributed by atoms with Crippen LogP contribution in [-0.2, 0) is 16.9 Å². The first-order valence-electron chi connectivity index (χ1n) is 7.47. The minimum Gasteiger partial charge on any atom is -0.494 e. The van der Waals surface area contributed by atoms with Crippen LogP contribution in [0.5, 0.6) is 5.75 Å². The minimum absolute atomic E-state index is 0.173. The molecule has 5 nitrogen and oxygen atoms in total. The van der Waals surface area contributed by atoms with Gasteiger partial charge in [-0.3, -0.25) is 4.68 Å². The highest BCUT2D eigenvalue weighted by atomic mass is 32.2. The zero-order valence-corrected chi connectivity index (χ0v) is 14.8. The number of hydrogen-bond donors (Lipinski definition) is 0. The predicted octanol–water partition coefficient (Wildman–Crippen LogP) is 3.31. The molecule has 0 saturated heterocycles. The largest absolute Gasteiger partial charge is 0.494 e. The molecule has 0 bridgehead atoms. The summed E-state index contributed by atoms with van der Waals surface area (Å²) in [4.78, 5) is 0.240. The normalized spacial score (nSPS) is 11.5. The number of aromatic nitrogens is 2. The van der Waals surface area contributed by atoms with Crippen LogP contribution >= 0.6 is 0 Å². The van der Waals surface area contributed by atoms with Crippen LogP contribution in [0.1, 0.15) is 0 Å². The summed E-state index contributed by atoms with van der Waals surface area (Å²) in [5, 5.41) is 4.43. The zero-order valence-electron chi connectivity index (χ0n) is 14.0. The average molecular weight is 360 g/mol. The molecule has 7 heteroatoms. The van der Waals surface area contributed by atoms with Crippen molar-refractivity contribution in [3.63, 3.8) is 0 Å². The maximum atomic E-state index is 14.0. The Morgan fingerprint density at radius 2 is 1.72 bits per heavy atom. The summed E-state index contributed by atoms with van der Waals surface area (Å²) in [7, 11) is -0.0721. The summed E-state index contributed by atoms with van der Waals surface area (Å²) in [6.45, 7) is 0. The molecule has 0 radical (unpaired) electrons. The van der Waals surface area contributed by atoms with Crippen LogP contribution in [0.4, 0.5) is 4.39 Å². The van der Waals surface area contributed by atoms with Crippen LogP contribution in [0.3, 0.4) is 0 Å². The number of ether oxygens (including phenoxy) is 1. The number of nitrogens with zero attached hydrogens (tertiary/aromatic N) is 2. The molecule has 0 amide bonds. The van der Waals surface area contributed by atoms with Crippen LogP contribution in [0.2, 0.25) is 0 Å². The van der Waals surface area contributed by atoms with E-state index in [1.165, 1.54) is 25.3 Å². The smallest absolute Gasteiger partial charge is 0.175 e. The number of sulfone groups is 1. The molecule has 0 fully saturated rings. The van der Waals surface area contributed by atoms with Crippen molar-refractivity contribution in [2.75, 3.05) is 13.4 Å². The summed E-state index contributed by atoms with van der Waals surface area (Å²) < 4.78 is 43.8. The monoisotopic (exact) mass is 360 g/mol. The maximum absolute atomic E-state index is 14.0. The van der Waals surface area contributed by atoms with Gasteiger partial charge in [-0.15, -0.1) is 0 Å². The molecular weight excluding hydrogens is 343 g/mol. The van der Waals surface area contributed by atoms with Crippen LogP contribution in [0.25, 0.3) is 22.4 Å². The Kier molecular flexibility index (Phi) is 4.34. The molecule has 1 aromatic heterocycles. The van der Waals surface area contributed by atoms with Gasteiger partial charge in [-0.2, -0.15) is 5.10 Å². The fourth-order valence-electron chi connectivity index (χ4n) is 2.61. The molecule has 0 saturated carbocycles. The molecule has 3 rings (SSSR count).